The lowest BCUT2D eigenvalue weighted by atomic mass is 9.91. The number of allylic oxidation sites excluding steroid dienone is 1. The van der Waals surface area contributed by atoms with Gasteiger partial charge in [0, 0.05) is 6.04 Å². The predicted octanol–water partition coefficient (Wildman–Crippen LogP) is 5.19. The maximum Gasteiger partial charge on any atom is 0.0282 e. The average Bonchev–Trinajstić information content (AvgIpc) is 2.44. The molecule has 0 heterocycles. The monoisotopic (exact) mass is 285 g/mol. The van der Waals surface area contributed by atoms with E-state index in [1.54, 1.807) is 5.57 Å². The van der Waals surface area contributed by atoms with Gasteiger partial charge >= 0.3 is 0 Å². The van der Waals surface area contributed by atoms with E-state index in [4.69, 9.17) is 0 Å². The van der Waals surface area contributed by atoms with Gasteiger partial charge in [-0.05, 0) is 57.6 Å². The molecule has 0 aromatic heterocycles. The summed E-state index contributed by atoms with van der Waals surface area (Å²) in [5.41, 5.74) is 4.52. The second kappa shape index (κ2) is 9.04. The van der Waals surface area contributed by atoms with Crippen LogP contribution in [0.3, 0.4) is 0 Å². The number of benzene rings is 1. The lowest BCUT2D eigenvalue weighted by Crippen LogP contribution is -2.31. The summed E-state index contributed by atoms with van der Waals surface area (Å²) in [6.07, 6.45) is 13.1. The fraction of sp³-hybridized carbons (Fsp3) is 0.600. The Kier molecular flexibility index (Phi) is 7.02. The van der Waals surface area contributed by atoms with Crippen molar-refractivity contribution in [1.82, 2.24) is 5.32 Å². The van der Waals surface area contributed by atoms with Gasteiger partial charge in [-0.25, -0.2) is 0 Å². The smallest absolute Gasteiger partial charge is 0.0282 e. The van der Waals surface area contributed by atoms with Gasteiger partial charge in [0.2, 0.25) is 0 Å². The fourth-order valence-electron chi connectivity index (χ4n) is 3.38. The summed E-state index contributed by atoms with van der Waals surface area (Å²) in [4.78, 5) is 0. The third-order valence-corrected chi connectivity index (χ3v) is 4.53. The van der Waals surface area contributed by atoms with Crippen molar-refractivity contribution in [2.24, 2.45) is 0 Å². The molecule has 0 spiro atoms. The molecule has 1 aromatic carbocycles. The third kappa shape index (κ3) is 5.67. The molecule has 1 unspecified atom stereocenters. The van der Waals surface area contributed by atoms with Gasteiger partial charge in [-0.2, -0.15) is 0 Å². The van der Waals surface area contributed by atoms with E-state index >= 15 is 0 Å². The molecule has 0 bridgehead atoms. The van der Waals surface area contributed by atoms with E-state index in [9.17, 15) is 0 Å². The molecule has 1 aliphatic rings. The van der Waals surface area contributed by atoms with Gasteiger partial charge in [0.25, 0.3) is 0 Å². The lowest BCUT2D eigenvalue weighted by molar-refractivity contribution is 0.513. The highest BCUT2D eigenvalue weighted by Crippen LogP contribution is 2.22. The molecule has 0 saturated heterocycles. The molecular weight excluding hydrogens is 254 g/mol. The molecule has 2 rings (SSSR count). The van der Waals surface area contributed by atoms with E-state index in [0.29, 0.717) is 6.04 Å². The van der Waals surface area contributed by atoms with Crippen molar-refractivity contribution < 1.29 is 0 Å². The van der Waals surface area contributed by atoms with Gasteiger partial charge in [0.05, 0.1) is 0 Å². The first-order valence-corrected chi connectivity index (χ1v) is 8.77. The first kappa shape index (κ1) is 16.3. The van der Waals surface area contributed by atoms with Crippen molar-refractivity contribution in [3.63, 3.8) is 0 Å². The maximum absolute atomic E-state index is 3.72. The van der Waals surface area contributed by atoms with Crippen LogP contribution in [0.4, 0.5) is 0 Å². The van der Waals surface area contributed by atoms with E-state index in [0.717, 1.165) is 6.54 Å². The number of hydrogen-bond donors (Lipinski definition) is 1. The summed E-state index contributed by atoms with van der Waals surface area (Å²) in [6.45, 7) is 5.47. The molecule has 1 N–H and O–H groups in total. The van der Waals surface area contributed by atoms with Crippen LogP contribution in [-0.4, -0.2) is 12.6 Å². The molecule has 0 amide bonds. The minimum atomic E-state index is 0.577. The van der Waals surface area contributed by atoms with E-state index in [1.807, 2.05) is 0 Å². The number of rotatable bonds is 6. The predicted molar refractivity (Wildman–Crippen MR) is 92.7 cm³/mol. The Balaban J connectivity index is 1.97. The van der Waals surface area contributed by atoms with Gasteiger partial charge in [-0.3, -0.25) is 0 Å². The van der Waals surface area contributed by atoms with Crippen LogP contribution in [0.25, 0.3) is 0 Å². The second-order valence-corrected chi connectivity index (χ2v) is 6.37. The van der Waals surface area contributed by atoms with Crippen molar-refractivity contribution in [2.75, 3.05) is 6.54 Å². The molecule has 0 fully saturated rings. The zero-order valence-electron chi connectivity index (χ0n) is 13.8. The number of hydrogen-bond acceptors (Lipinski definition) is 1. The summed E-state index contributed by atoms with van der Waals surface area (Å²) in [6, 6.07) is 9.54. The number of nitrogens with one attached hydrogen (secondary N) is 1. The van der Waals surface area contributed by atoms with Crippen LogP contribution in [0.5, 0.6) is 0 Å². The molecule has 21 heavy (non-hydrogen) atoms. The van der Waals surface area contributed by atoms with Crippen molar-refractivity contribution in [2.45, 2.75) is 71.3 Å². The summed E-state index contributed by atoms with van der Waals surface area (Å²) in [7, 11) is 0. The fourth-order valence-corrected chi connectivity index (χ4v) is 3.38. The molecule has 1 aliphatic carbocycles. The Hall–Kier alpha value is -1.08. The van der Waals surface area contributed by atoms with E-state index in [1.165, 1.54) is 62.5 Å². The molecule has 0 saturated carbocycles. The molecule has 1 heteroatoms. The van der Waals surface area contributed by atoms with Crippen LogP contribution in [-0.2, 0) is 6.42 Å². The van der Waals surface area contributed by atoms with Gasteiger partial charge in [-0.1, -0.05) is 61.2 Å². The molecule has 0 aliphatic heterocycles. The van der Waals surface area contributed by atoms with Gasteiger partial charge in [0.1, 0.15) is 0 Å². The molecule has 116 valence electrons. The normalized spacial score (nSPS) is 20.2. The Morgan fingerprint density at radius 1 is 1.14 bits per heavy atom. The Bertz CT molecular complexity index is 447. The molecular formula is C20H31N. The Morgan fingerprint density at radius 3 is 2.81 bits per heavy atom. The third-order valence-electron chi connectivity index (χ3n) is 4.53. The van der Waals surface area contributed by atoms with E-state index in [2.05, 4.69) is 49.5 Å². The number of likely N-dealkylation sites (N-methyl/N-ethyl adjacent to an activating group) is 1. The van der Waals surface area contributed by atoms with Crippen LogP contribution in [0, 0.1) is 6.92 Å². The summed E-state index contributed by atoms with van der Waals surface area (Å²) in [5, 5.41) is 3.72. The lowest BCUT2D eigenvalue weighted by Gasteiger charge is -2.23. The molecule has 1 nitrogen and oxygen atoms in total. The summed E-state index contributed by atoms with van der Waals surface area (Å²) in [5.74, 6) is 0. The van der Waals surface area contributed by atoms with Crippen LogP contribution in [0.2, 0.25) is 0 Å². The van der Waals surface area contributed by atoms with Crippen molar-refractivity contribution in [1.29, 1.82) is 0 Å². The minimum absolute atomic E-state index is 0.577. The molecule has 1 aromatic rings. The SMILES string of the molecule is CCNC(CCc1cccc(C)c1)/C1=C/CCCCCC1. The highest BCUT2D eigenvalue weighted by atomic mass is 14.9. The highest BCUT2D eigenvalue weighted by molar-refractivity contribution is 5.23. The molecule has 0 radical (unpaired) electrons. The topological polar surface area (TPSA) is 12.0 Å². The van der Waals surface area contributed by atoms with E-state index < -0.39 is 0 Å². The Morgan fingerprint density at radius 2 is 2.00 bits per heavy atom. The zero-order valence-corrected chi connectivity index (χ0v) is 13.8. The van der Waals surface area contributed by atoms with Crippen LogP contribution in [0.1, 0.15) is 63.0 Å². The Labute approximate surface area is 130 Å². The average molecular weight is 285 g/mol. The van der Waals surface area contributed by atoms with Gasteiger partial charge in [-0.15, -0.1) is 0 Å². The first-order chi connectivity index (χ1) is 10.3. The number of aryl methyl sites for hydroxylation is 2. The summed E-state index contributed by atoms with van der Waals surface area (Å²) < 4.78 is 0. The van der Waals surface area contributed by atoms with Crippen LogP contribution in [0.15, 0.2) is 35.9 Å². The van der Waals surface area contributed by atoms with Gasteiger partial charge in [0.15, 0.2) is 0 Å². The maximum atomic E-state index is 3.72. The van der Waals surface area contributed by atoms with E-state index in [-0.39, 0.29) is 0 Å². The first-order valence-electron chi connectivity index (χ1n) is 8.77. The van der Waals surface area contributed by atoms with Crippen LogP contribution >= 0.6 is 0 Å². The zero-order chi connectivity index (χ0) is 14.9. The van der Waals surface area contributed by atoms with Crippen molar-refractivity contribution >= 4 is 0 Å². The van der Waals surface area contributed by atoms with Crippen molar-refractivity contribution in [3.8, 4) is 0 Å². The standard InChI is InChI=1S/C20H31N/c1-3-21-20(19-12-7-5-4-6-8-13-19)15-14-18-11-9-10-17(2)16-18/h9-12,16,20-21H,3-8,13-15H2,1-2H3/b19-12+. The van der Waals surface area contributed by atoms with Crippen LogP contribution < -0.4 is 5.32 Å². The second-order valence-electron chi connectivity index (χ2n) is 6.37. The van der Waals surface area contributed by atoms with Crippen molar-refractivity contribution in [3.05, 3.63) is 47.0 Å². The minimum Gasteiger partial charge on any atom is -0.311 e. The van der Waals surface area contributed by atoms with Gasteiger partial charge < -0.3 is 5.32 Å². The quantitative estimate of drug-likeness (QED) is 0.710. The summed E-state index contributed by atoms with van der Waals surface area (Å²) >= 11 is 0. The molecule has 1 atom stereocenters. The highest BCUT2D eigenvalue weighted by Gasteiger charge is 2.14. The largest absolute Gasteiger partial charge is 0.311 e.